The van der Waals surface area contributed by atoms with Gasteiger partial charge in [0.2, 0.25) is 0 Å². The van der Waals surface area contributed by atoms with Crippen molar-refractivity contribution >= 4 is 11.8 Å². The maximum atomic E-state index is 15.4. The Balaban J connectivity index is 1.71. The first kappa shape index (κ1) is 25.8. The average Bonchev–Trinajstić information content (AvgIpc) is 3.15. The van der Waals surface area contributed by atoms with Crippen LogP contribution in [0.2, 0.25) is 0 Å². The monoisotopic (exact) mass is 520 g/mol. The third-order valence-corrected chi connectivity index (χ3v) is 10.6. The first-order valence-corrected chi connectivity index (χ1v) is 14.0. The van der Waals surface area contributed by atoms with Crippen LogP contribution in [0.15, 0.2) is 76.8 Å². The van der Waals surface area contributed by atoms with Crippen molar-refractivity contribution in [2.45, 2.75) is 74.8 Å². The van der Waals surface area contributed by atoms with E-state index in [1.807, 2.05) is 30.5 Å². The summed E-state index contributed by atoms with van der Waals surface area (Å²) >= 11 is 1.62. The SMILES string of the molecule is C=C[C@@]1(C(F)(F)C(F)(F)F)CCC2C3CCC4=CC(=C)CCC4=C3C(c3ccc(SC)cc3)CC21C. The largest absolute Gasteiger partial charge is 0.454 e. The molecule has 0 amide bonds. The van der Waals surface area contributed by atoms with Crippen LogP contribution < -0.4 is 0 Å². The molecule has 4 unspecified atom stereocenters. The Labute approximate surface area is 214 Å². The minimum Gasteiger partial charge on any atom is -0.195 e. The van der Waals surface area contributed by atoms with E-state index in [1.54, 1.807) is 18.7 Å². The van der Waals surface area contributed by atoms with E-state index in [0.717, 1.165) is 47.8 Å². The molecule has 5 rings (SSSR count). The maximum absolute atomic E-state index is 15.4. The van der Waals surface area contributed by atoms with Gasteiger partial charge in [-0.05, 0) is 97.3 Å². The minimum absolute atomic E-state index is 0.00153. The lowest BCUT2D eigenvalue weighted by atomic mass is 9.47. The summed E-state index contributed by atoms with van der Waals surface area (Å²) in [5.74, 6) is -5.28. The molecule has 0 bridgehead atoms. The molecule has 1 aromatic rings. The van der Waals surface area contributed by atoms with Crippen LogP contribution >= 0.6 is 11.8 Å². The molecule has 2 saturated carbocycles. The number of benzene rings is 1. The van der Waals surface area contributed by atoms with Crippen LogP contribution in [0.3, 0.4) is 0 Å². The van der Waals surface area contributed by atoms with Gasteiger partial charge in [-0.3, -0.25) is 0 Å². The fourth-order valence-corrected chi connectivity index (χ4v) is 8.59. The zero-order chi connectivity index (χ0) is 26.1. The van der Waals surface area contributed by atoms with Crippen molar-refractivity contribution in [3.63, 3.8) is 0 Å². The van der Waals surface area contributed by atoms with E-state index in [2.05, 4.69) is 19.2 Å². The van der Waals surface area contributed by atoms with Crippen molar-refractivity contribution in [2.24, 2.45) is 22.7 Å². The van der Waals surface area contributed by atoms with Crippen molar-refractivity contribution in [2.75, 3.05) is 6.26 Å². The summed E-state index contributed by atoms with van der Waals surface area (Å²) < 4.78 is 72.6. The molecular formula is C30H33F5S. The third kappa shape index (κ3) is 3.45. The molecule has 0 aromatic heterocycles. The van der Waals surface area contributed by atoms with Crippen LogP contribution in [0.5, 0.6) is 0 Å². The fraction of sp³-hybridized carbons (Fsp3) is 0.533. The van der Waals surface area contributed by atoms with Crippen molar-refractivity contribution in [1.29, 1.82) is 0 Å². The number of thioether (sulfide) groups is 1. The Hall–Kier alpha value is -1.82. The number of hydrogen-bond acceptors (Lipinski definition) is 1. The van der Waals surface area contributed by atoms with E-state index in [0.29, 0.717) is 6.42 Å². The Morgan fingerprint density at radius 2 is 1.72 bits per heavy atom. The zero-order valence-corrected chi connectivity index (χ0v) is 21.7. The van der Waals surface area contributed by atoms with Crippen molar-refractivity contribution in [1.82, 2.24) is 0 Å². The van der Waals surface area contributed by atoms with Crippen molar-refractivity contribution < 1.29 is 22.0 Å². The topological polar surface area (TPSA) is 0 Å². The van der Waals surface area contributed by atoms with E-state index < -0.39 is 22.9 Å². The molecule has 0 saturated heterocycles. The normalized spacial score (nSPS) is 34.6. The predicted molar refractivity (Wildman–Crippen MR) is 136 cm³/mol. The highest BCUT2D eigenvalue weighted by atomic mass is 32.2. The summed E-state index contributed by atoms with van der Waals surface area (Å²) in [6.07, 6.45) is 3.26. The summed E-state index contributed by atoms with van der Waals surface area (Å²) in [5, 5.41) is 0. The molecule has 2 fully saturated rings. The molecule has 4 aliphatic rings. The lowest BCUT2D eigenvalue weighted by molar-refractivity contribution is -0.334. The van der Waals surface area contributed by atoms with E-state index in [-0.39, 0.29) is 30.6 Å². The van der Waals surface area contributed by atoms with Crippen LogP contribution in [0.25, 0.3) is 0 Å². The van der Waals surface area contributed by atoms with Crippen LogP contribution in [0.4, 0.5) is 22.0 Å². The molecule has 0 radical (unpaired) electrons. The molecular weight excluding hydrogens is 487 g/mol. The van der Waals surface area contributed by atoms with Gasteiger partial charge in [-0.2, -0.15) is 22.0 Å². The Morgan fingerprint density at radius 1 is 1.03 bits per heavy atom. The number of alkyl halides is 5. The highest BCUT2D eigenvalue weighted by Crippen LogP contribution is 2.74. The molecule has 5 atom stereocenters. The smallest absolute Gasteiger partial charge is 0.195 e. The number of halogens is 5. The summed E-state index contributed by atoms with van der Waals surface area (Å²) in [6.45, 7) is 9.46. The van der Waals surface area contributed by atoms with E-state index in [4.69, 9.17) is 0 Å². The molecule has 36 heavy (non-hydrogen) atoms. The average molecular weight is 521 g/mol. The van der Waals surface area contributed by atoms with Gasteiger partial charge in [0, 0.05) is 10.8 Å². The molecule has 6 heteroatoms. The summed E-state index contributed by atoms with van der Waals surface area (Å²) in [7, 11) is 0. The first-order valence-electron chi connectivity index (χ1n) is 12.7. The highest BCUT2D eigenvalue weighted by Gasteiger charge is 2.77. The van der Waals surface area contributed by atoms with Crippen LogP contribution in [-0.2, 0) is 0 Å². The van der Waals surface area contributed by atoms with Gasteiger partial charge in [0.25, 0.3) is 0 Å². The maximum Gasteiger partial charge on any atom is 0.454 e. The van der Waals surface area contributed by atoms with Crippen molar-refractivity contribution in [3.05, 3.63) is 77.4 Å². The van der Waals surface area contributed by atoms with Crippen LogP contribution in [-0.4, -0.2) is 18.4 Å². The van der Waals surface area contributed by atoms with Gasteiger partial charge in [0.15, 0.2) is 0 Å². The van der Waals surface area contributed by atoms with Crippen molar-refractivity contribution in [3.8, 4) is 0 Å². The van der Waals surface area contributed by atoms with Gasteiger partial charge in [-0.25, -0.2) is 0 Å². The second-order valence-corrected chi connectivity index (χ2v) is 12.1. The molecule has 4 aliphatic carbocycles. The molecule has 194 valence electrons. The molecule has 0 nitrogen and oxygen atoms in total. The summed E-state index contributed by atoms with van der Waals surface area (Å²) in [4.78, 5) is 1.09. The minimum atomic E-state index is -5.63. The van der Waals surface area contributed by atoms with Gasteiger partial charge in [0.05, 0.1) is 5.41 Å². The highest BCUT2D eigenvalue weighted by molar-refractivity contribution is 7.98. The van der Waals surface area contributed by atoms with Gasteiger partial charge in [0.1, 0.15) is 0 Å². The second kappa shape index (κ2) is 8.61. The standard InChI is InChI=1S/C30H33F5S/c1-5-28(29(31,32)30(33,34)35)15-14-25-23-13-9-20-16-18(2)6-12-22(20)26(23)24(17-27(25,28)3)19-7-10-21(36-4)11-8-19/h5,7-8,10-11,16,23-25H,1-2,6,9,12-15,17H2,3-4H3/t23?,24?,25?,27?,28-/m1/s1. The molecule has 0 N–H and O–H groups in total. The van der Waals surface area contributed by atoms with Gasteiger partial charge >= 0.3 is 12.1 Å². The van der Waals surface area contributed by atoms with Gasteiger partial charge in [-0.1, -0.05) is 48.9 Å². The lowest BCUT2D eigenvalue weighted by Gasteiger charge is -2.57. The molecule has 1 aromatic carbocycles. The van der Waals surface area contributed by atoms with E-state index in [9.17, 15) is 13.2 Å². The number of hydrogen-bond donors (Lipinski definition) is 0. The Bertz CT molecular complexity index is 1140. The van der Waals surface area contributed by atoms with E-state index in [1.165, 1.54) is 16.7 Å². The molecule has 0 aliphatic heterocycles. The first-order chi connectivity index (χ1) is 16.9. The van der Waals surface area contributed by atoms with Crippen LogP contribution in [0.1, 0.15) is 63.4 Å². The van der Waals surface area contributed by atoms with Crippen LogP contribution in [0, 0.1) is 22.7 Å². The second-order valence-electron chi connectivity index (χ2n) is 11.2. The Kier molecular flexibility index (Phi) is 6.17. The fourth-order valence-electron chi connectivity index (χ4n) is 8.18. The Morgan fingerprint density at radius 3 is 2.33 bits per heavy atom. The number of allylic oxidation sites excluding steroid dienone is 6. The predicted octanol–water partition coefficient (Wildman–Crippen LogP) is 9.67. The number of fused-ring (bicyclic) bond motifs is 4. The third-order valence-electron chi connectivity index (χ3n) is 9.89. The zero-order valence-electron chi connectivity index (χ0n) is 20.9. The van der Waals surface area contributed by atoms with E-state index >= 15 is 8.78 Å². The quantitative estimate of drug-likeness (QED) is 0.216. The van der Waals surface area contributed by atoms with Gasteiger partial charge < -0.3 is 0 Å². The van der Waals surface area contributed by atoms with Gasteiger partial charge in [-0.15, -0.1) is 18.3 Å². The summed E-state index contributed by atoms with van der Waals surface area (Å²) in [5.41, 5.74) is 2.42. The molecule has 0 heterocycles. The molecule has 0 spiro atoms. The lowest BCUT2D eigenvalue weighted by Crippen LogP contribution is -2.59. The summed E-state index contributed by atoms with van der Waals surface area (Å²) in [6, 6.07) is 8.13. The number of rotatable bonds is 4.